The van der Waals surface area contributed by atoms with Gasteiger partial charge in [0, 0.05) is 27.4 Å². The van der Waals surface area contributed by atoms with Crippen LogP contribution in [0.5, 0.6) is 0 Å². The predicted octanol–water partition coefficient (Wildman–Crippen LogP) is 4.70. The molecule has 18 heavy (non-hydrogen) atoms. The summed E-state index contributed by atoms with van der Waals surface area (Å²) in [6.45, 7) is 4.75. The molecule has 0 aliphatic rings. The molecule has 0 saturated heterocycles. The van der Waals surface area contributed by atoms with Crippen molar-refractivity contribution in [2.45, 2.75) is 26.4 Å². The first-order valence-corrected chi connectivity index (χ1v) is 6.99. The molecule has 0 spiro atoms. The molecule has 0 saturated carbocycles. The number of hydrogen-bond donors (Lipinski definition) is 1. The van der Waals surface area contributed by atoms with Crippen molar-refractivity contribution in [3.63, 3.8) is 0 Å². The summed E-state index contributed by atoms with van der Waals surface area (Å²) in [7, 11) is 0. The molecule has 0 fully saturated rings. The number of aryl methyl sites for hydroxylation is 1. The van der Waals surface area contributed by atoms with Gasteiger partial charge in [-0.15, -0.1) is 11.3 Å². The summed E-state index contributed by atoms with van der Waals surface area (Å²) in [6, 6.07) is 8.90. The fourth-order valence-electron chi connectivity index (χ4n) is 1.73. The van der Waals surface area contributed by atoms with Crippen LogP contribution < -0.4 is 5.32 Å². The summed E-state index contributed by atoms with van der Waals surface area (Å²) in [5.41, 5.74) is 0.789. The number of nitrogens with one attached hydrogen (secondary N) is 1. The molecule has 0 radical (unpaired) electrons. The SMILES string of the molecule is Cc1ccc(C(C)NCc2cc(F)ccc2Cl)s1. The molecule has 0 aliphatic heterocycles. The topological polar surface area (TPSA) is 12.0 Å². The van der Waals surface area contributed by atoms with Crippen LogP contribution in [0, 0.1) is 12.7 Å². The Labute approximate surface area is 116 Å². The zero-order valence-corrected chi connectivity index (χ0v) is 11.9. The van der Waals surface area contributed by atoms with Crippen LogP contribution in [0.25, 0.3) is 0 Å². The van der Waals surface area contributed by atoms with Gasteiger partial charge >= 0.3 is 0 Å². The van der Waals surface area contributed by atoms with Gasteiger partial charge in [0.05, 0.1) is 0 Å². The fourth-order valence-corrected chi connectivity index (χ4v) is 2.82. The van der Waals surface area contributed by atoms with Crippen molar-refractivity contribution in [2.75, 3.05) is 0 Å². The monoisotopic (exact) mass is 283 g/mol. The molecule has 1 nitrogen and oxygen atoms in total. The third-order valence-corrected chi connectivity index (χ3v) is 4.35. The Balaban J connectivity index is 2.01. The Morgan fingerprint density at radius 3 is 2.78 bits per heavy atom. The Morgan fingerprint density at radius 1 is 1.33 bits per heavy atom. The maximum atomic E-state index is 13.1. The first-order valence-electron chi connectivity index (χ1n) is 5.80. The fraction of sp³-hybridized carbons (Fsp3) is 0.286. The molecule has 1 aromatic carbocycles. The van der Waals surface area contributed by atoms with Gasteiger partial charge in [-0.3, -0.25) is 0 Å². The Kier molecular flexibility index (Phi) is 4.38. The molecule has 1 aromatic heterocycles. The number of halogens is 2. The van der Waals surface area contributed by atoms with Crippen molar-refractivity contribution in [3.05, 3.63) is 56.5 Å². The lowest BCUT2D eigenvalue weighted by atomic mass is 10.2. The van der Waals surface area contributed by atoms with E-state index in [4.69, 9.17) is 11.6 Å². The summed E-state index contributed by atoms with van der Waals surface area (Å²) in [5.74, 6) is -0.254. The standard InChI is InChI=1S/C14H15ClFNS/c1-9-3-6-14(18-9)10(2)17-8-11-7-12(16)4-5-13(11)15/h3-7,10,17H,8H2,1-2H3. The third-order valence-electron chi connectivity index (χ3n) is 2.79. The van der Waals surface area contributed by atoms with Gasteiger partial charge < -0.3 is 5.32 Å². The first-order chi connectivity index (χ1) is 8.56. The lowest BCUT2D eigenvalue weighted by Crippen LogP contribution is -2.17. The van der Waals surface area contributed by atoms with Gasteiger partial charge in [0.15, 0.2) is 0 Å². The Hall–Kier alpha value is -0.900. The minimum Gasteiger partial charge on any atom is -0.305 e. The van der Waals surface area contributed by atoms with Crippen LogP contribution in [0.2, 0.25) is 5.02 Å². The van der Waals surface area contributed by atoms with E-state index in [-0.39, 0.29) is 11.9 Å². The minimum atomic E-state index is -0.254. The van der Waals surface area contributed by atoms with E-state index in [9.17, 15) is 4.39 Å². The highest BCUT2D eigenvalue weighted by molar-refractivity contribution is 7.12. The van der Waals surface area contributed by atoms with Gasteiger partial charge in [0.25, 0.3) is 0 Å². The second-order valence-electron chi connectivity index (χ2n) is 4.29. The van der Waals surface area contributed by atoms with Crippen molar-refractivity contribution >= 4 is 22.9 Å². The maximum absolute atomic E-state index is 13.1. The molecule has 0 bridgehead atoms. The summed E-state index contributed by atoms with van der Waals surface area (Å²) in [6.07, 6.45) is 0. The van der Waals surface area contributed by atoms with Crippen molar-refractivity contribution in [1.82, 2.24) is 5.32 Å². The Bertz CT molecular complexity index is 538. The van der Waals surface area contributed by atoms with Crippen LogP contribution >= 0.6 is 22.9 Å². The number of hydrogen-bond acceptors (Lipinski definition) is 2. The summed E-state index contributed by atoms with van der Waals surface area (Å²) < 4.78 is 13.1. The van der Waals surface area contributed by atoms with Gasteiger partial charge in [-0.05, 0) is 49.7 Å². The highest BCUT2D eigenvalue weighted by Crippen LogP contribution is 2.23. The van der Waals surface area contributed by atoms with Crippen molar-refractivity contribution in [2.24, 2.45) is 0 Å². The molecule has 2 aromatic rings. The lowest BCUT2D eigenvalue weighted by Gasteiger charge is -2.13. The van der Waals surface area contributed by atoms with E-state index in [0.717, 1.165) is 5.56 Å². The second-order valence-corrected chi connectivity index (χ2v) is 6.01. The summed E-state index contributed by atoms with van der Waals surface area (Å²) in [4.78, 5) is 2.57. The molecule has 1 unspecified atom stereocenters. The van der Waals surface area contributed by atoms with Gasteiger partial charge in [0.2, 0.25) is 0 Å². The lowest BCUT2D eigenvalue weighted by molar-refractivity contribution is 0.576. The van der Waals surface area contributed by atoms with Crippen molar-refractivity contribution in [3.8, 4) is 0 Å². The maximum Gasteiger partial charge on any atom is 0.123 e. The molecule has 4 heteroatoms. The number of rotatable bonds is 4. The molecular formula is C14H15ClFNS. The average Bonchev–Trinajstić information content (AvgIpc) is 2.77. The first kappa shape index (κ1) is 13.5. The second kappa shape index (κ2) is 5.83. The van der Waals surface area contributed by atoms with E-state index in [2.05, 4.69) is 31.3 Å². The molecule has 1 atom stereocenters. The van der Waals surface area contributed by atoms with Crippen LogP contribution in [0.3, 0.4) is 0 Å². The smallest absolute Gasteiger partial charge is 0.123 e. The van der Waals surface area contributed by atoms with Crippen LogP contribution in [0.1, 0.15) is 28.3 Å². The molecule has 96 valence electrons. The van der Waals surface area contributed by atoms with Crippen LogP contribution in [0.15, 0.2) is 30.3 Å². The average molecular weight is 284 g/mol. The highest BCUT2D eigenvalue weighted by Gasteiger charge is 2.08. The minimum absolute atomic E-state index is 0.239. The quantitative estimate of drug-likeness (QED) is 0.858. The third kappa shape index (κ3) is 3.31. The van der Waals surface area contributed by atoms with E-state index < -0.39 is 0 Å². The van der Waals surface area contributed by atoms with Gasteiger partial charge in [-0.2, -0.15) is 0 Å². The molecule has 0 aliphatic carbocycles. The zero-order chi connectivity index (χ0) is 13.1. The van der Waals surface area contributed by atoms with E-state index >= 15 is 0 Å². The van der Waals surface area contributed by atoms with E-state index in [1.165, 1.54) is 21.9 Å². The van der Waals surface area contributed by atoms with E-state index in [0.29, 0.717) is 11.6 Å². The van der Waals surface area contributed by atoms with E-state index in [1.807, 2.05) is 0 Å². The van der Waals surface area contributed by atoms with Crippen LogP contribution in [-0.2, 0) is 6.54 Å². The van der Waals surface area contributed by atoms with Crippen LogP contribution in [-0.4, -0.2) is 0 Å². The van der Waals surface area contributed by atoms with Crippen LogP contribution in [0.4, 0.5) is 4.39 Å². The largest absolute Gasteiger partial charge is 0.305 e. The number of thiophene rings is 1. The molecular weight excluding hydrogens is 269 g/mol. The Morgan fingerprint density at radius 2 is 2.11 bits per heavy atom. The van der Waals surface area contributed by atoms with E-state index in [1.54, 1.807) is 17.4 Å². The van der Waals surface area contributed by atoms with Gasteiger partial charge in [-0.25, -0.2) is 4.39 Å². The molecule has 0 amide bonds. The highest BCUT2D eigenvalue weighted by atomic mass is 35.5. The van der Waals surface area contributed by atoms with Gasteiger partial charge in [0.1, 0.15) is 5.82 Å². The van der Waals surface area contributed by atoms with Crippen molar-refractivity contribution in [1.29, 1.82) is 0 Å². The normalized spacial score (nSPS) is 12.7. The molecule has 1 heterocycles. The zero-order valence-electron chi connectivity index (χ0n) is 10.3. The molecule has 2 rings (SSSR count). The summed E-state index contributed by atoms with van der Waals surface area (Å²) in [5, 5.41) is 3.95. The molecule has 1 N–H and O–H groups in total. The summed E-state index contributed by atoms with van der Waals surface area (Å²) >= 11 is 7.79. The number of benzene rings is 1. The van der Waals surface area contributed by atoms with Gasteiger partial charge in [-0.1, -0.05) is 11.6 Å². The predicted molar refractivity (Wildman–Crippen MR) is 75.7 cm³/mol. The van der Waals surface area contributed by atoms with Crippen molar-refractivity contribution < 1.29 is 4.39 Å².